The molecule has 4 amide bonds. The Morgan fingerprint density at radius 3 is 2.24 bits per heavy atom. The van der Waals surface area contributed by atoms with Crippen LogP contribution in [-0.2, 0) is 9.59 Å². The lowest BCUT2D eigenvalue weighted by atomic mass is 10.1. The predicted molar refractivity (Wildman–Crippen MR) is 107 cm³/mol. The van der Waals surface area contributed by atoms with Crippen LogP contribution >= 0.6 is 0 Å². The Balaban J connectivity index is 1.45. The zero-order valence-corrected chi connectivity index (χ0v) is 17.1. The minimum absolute atomic E-state index is 0.0300. The lowest BCUT2D eigenvalue weighted by Crippen LogP contribution is -2.39. The third-order valence-electron chi connectivity index (χ3n) is 5.45. The van der Waals surface area contributed by atoms with Gasteiger partial charge in [0.15, 0.2) is 0 Å². The van der Waals surface area contributed by atoms with Crippen molar-refractivity contribution in [2.45, 2.75) is 19.3 Å². The van der Waals surface area contributed by atoms with E-state index in [2.05, 4.69) is 4.90 Å². The number of hydrogen-bond donors (Lipinski definition) is 0. The van der Waals surface area contributed by atoms with Crippen LogP contribution in [0.15, 0.2) is 24.3 Å². The molecule has 8 heteroatoms. The molecule has 0 spiro atoms. The molecule has 29 heavy (non-hydrogen) atoms. The van der Waals surface area contributed by atoms with E-state index in [1.54, 1.807) is 43.3 Å². The monoisotopic (exact) mass is 400 g/mol. The Morgan fingerprint density at radius 2 is 1.62 bits per heavy atom. The van der Waals surface area contributed by atoms with E-state index in [9.17, 15) is 19.2 Å². The van der Waals surface area contributed by atoms with Gasteiger partial charge in [-0.2, -0.15) is 0 Å². The van der Waals surface area contributed by atoms with Crippen LogP contribution in [-0.4, -0.2) is 96.6 Å². The van der Waals surface area contributed by atoms with Gasteiger partial charge >= 0.3 is 0 Å². The van der Waals surface area contributed by atoms with Crippen LogP contribution in [0.25, 0.3) is 0 Å². The summed E-state index contributed by atoms with van der Waals surface area (Å²) in [6.07, 6.45) is 1.57. The molecule has 2 aliphatic heterocycles. The van der Waals surface area contributed by atoms with Crippen molar-refractivity contribution >= 4 is 23.6 Å². The average Bonchev–Trinajstić information content (AvgIpc) is 2.86. The van der Waals surface area contributed by atoms with Gasteiger partial charge in [0, 0.05) is 53.2 Å². The van der Waals surface area contributed by atoms with Crippen LogP contribution < -0.4 is 0 Å². The second kappa shape index (κ2) is 9.17. The molecule has 0 bridgehead atoms. The molecule has 0 N–H and O–H groups in total. The summed E-state index contributed by atoms with van der Waals surface area (Å²) < 4.78 is 0. The van der Waals surface area contributed by atoms with E-state index in [0.29, 0.717) is 50.1 Å². The number of carbonyl (C=O) groups excluding carboxylic acids is 4. The number of carbonyl (C=O) groups is 4. The number of fused-ring (bicyclic) bond motifs is 1. The maximum Gasteiger partial charge on any atom is 0.261 e. The number of rotatable bonds is 6. The van der Waals surface area contributed by atoms with Gasteiger partial charge < -0.3 is 9.80 Å². The first kappa shape index (κ1) is 21.0. The zero-order valence-electron chi connectivity index (χ0n) is 17.1. The first-order chi connectivity index (χ1) is 13.9. The van der Waals surface area contributed by atoms with Crippen molar-refractivity contribution in [1.82, 2.24) is 19.6 Å². The molecule has 3 rings (SSSR count). The number of hydrogen-bond acceptors (Lipinski definition) is 5. The fourth-order valence-corrected chi connectivity index (χ4v) is 3.70. The van der Waals surface area contributed by atoms with Crippen molar-refractivity contribution < 1.29 is 19.2 Å². The SMILES string of the molecule is CN(C)C(=O)CN1CCCN(C(=O)CCCN2C(=O)c3ccccc3C2=O)CC1. The first-order valence-corrected chi connectivity index (χ1v) is 10.0. The summed E-state index contributed by atoms with van der Waals surface area (Å²) in [7, 11) is 3.48. The van der Waals surface area contributed by atoms with Crippen molar-refractivity contribution in [3.63, 3.8) is 0 Å². The van der Waals surface area contributed by atoms with Gasteiger partial charge in [0.1, 0.15) is 0 Å². The molecule has 0 aromatic heterocycles. The van der Waals surface area contributed by atoms with Gasteiger partial charge in [-0.05, 0) is 25.0 Å². The van der Waals surface area contributed by atoms with Gasteiger partial charge in [0.2, 0.25) is 11.8 Å². The topological polar surface area (TPSA) is 81.2 Å². The smallest absolute Gasteiger partial charge is 0.261 e. The molecule has 0 atom stereocenters. The minimum atomic E-state index is -0.283. The summed E-state index contributed by atoms with van der Waals surface area (Å²) in [6, 6.07) is 6.80. The maximum atomic E-state index is 12.6. The average molecular weight is 400 g/mol. The van der Waals surface area contributed by atoms with E-state index >= 15 is 0 Å². The molecule has 0 aliphatic carbocycles. The zero-order chi connectivity index (χ0) is 21.0. The minimum Gasteiger partial charge on any atom is -0.348 e. The summed E-state index contributed by atoms with van der Waals surface area (Å²) in [5.74, 6) is -0.476. The molecule has 156 valence electrons. The Morgan fingerprint density at radius 1 is 0.966 bits per heavy atom. The van der Waals surface area contributed by atoms with Crippen LogP contribution in [0.1, 0.15) is 40.0 Å². The second-order valence-corrected chi connectivity index (χ2v) is 7.71. The van der Waals surface area contributed by atoms with Crippen molar-refractivity contribution in [2.24, 2.45) is 0 Å². The summed E-state index contributed by atoms with van der Waals surface area (Å²) >= 11 is 0. The van der Waals surface area contributed by atoms with E-state index in [4.69, 9.17) is 0 Å². The van der Waals surface area contributed by atoms with Crippen LogP contribution in [0.4, 0.5) is 0 Å². The lowest BCUT2D eigenvalue weighted by Gasteiger charge is -2.23. The summed E-state index contributed by atoms with van der Waals surface area (Å²) in [6.45, 7) is 3.33. The lowest BCUT2D eigenvalue weighted by molar-refractivity contribution is -0.131. The molecule has 1 saturated heterocycles. The van der Waals surface area contributed by atoms with Gasteiger partial charge in [-0.3, -0.25) is 29.0 Å². The molecule has 1 aromatic carbocycles. The fourth-order valence-electron chi connectivity index (χ4n) is 3.70. The standard InChI is InChI=1S/C21H28N4O4/c1-22(2)19(27)15-23-10-6-11-24(14-13-23)18(26)9-5-12-25-20(28)16-7-3-4-8-17(16)21(25)29/h3-4,7-8H,5-6,9-15H2,1-2H3. The Kier molecular flexibility index (Phi) is 6.64. The van der Waals surface area contributed by atoms with Crippen molar-refractivity contribution in [2.75, 3.05) is 53.4 Å². The molecule has 1 aromatic rings. The van der Waals surface area contributed by atoms with E-state index in [1.807, 2.05) is 4.90 Å². The normalized spacial score (nSPS) is 17.3. The van der Waals surface area contributed by atoms with Gasteiger partial charge in [-0.1, -0.05) is 12.1 Å². The van der Waals surface area contributed by atoms with E-state index in [1.165, 1.54) is 4.90 Å². The maximum absolute atomic E-state index is 12.6. The van der Waals surface area contributed by atoms with E-state index in [-0.39, 0.29) is 30.2 Å². The second-order valence-electron chi connectivity index (χ2n) is 7.71. The Bertz CT molecular complexity index is 773. The van der Waals surface area contributed by atoms with E-state index < -0.39 is 0 Å². The summed E-state index contributed by atoms with van der Waals surface area (Å²) in [5.41, 5.74) is 0.868. The van der Waals surface area contributed by atoms with Gasteiger partial charge in [0.05, 0.1) is 17.7 Å². The van der Waals surface area contributed by atoms with E-state index in [0.717, 1.165) is 13.0 Å². The van der Waals surface area contributed by atoms with Crippen LogP contribution in [0.3, 0.4) is 0 Å². The van der Waals surface area contributed by atoms with Gasteiger partial charge in [-0.25, -0.2) is 0 Å². The van der Waals surface area contributed by atoms with Crippen molar-refractivity contribution in [3.05, 3.63) is 35.4 Å². The summed E-state index contributed by atoms with van der Waals surface area (Å²) in [4.78, 5) is 55.9. The predicted octanol–water partition coefficient (Wildman–Crippen LogP) is 0.685. The van der Waals surface area contributed by atoms with Crippen LogP contribution in [0, 0.1) is 0 Å². The molecule has 2 heterocycles. The highest BCUT2D eigenvalue weighted by Crippen LogP contribution is 2.22. The fraction of sp³-hybridized carbons (Fsp3) is 0.524. The van der Waals surface area contributed by atoms with Gasteiger partial charge in [-0.15, -0.1) is 0 Å². The molecule has 1 fully saturated rings. The first-order valence-electron chi connectivity index (χ1n) is 10.0. The van der Waals surface area contributed by atoms with Crippen molar-refractivity contribution in [3.8, 4) is 0 Å². The highest BCUT2D eigenvalue weighted by molar-refractivity contribution is 6.21. The molecule has 2 aliphatic rings. The van der Waals surface area contributed by atoms with Gasteiger partial charge in [0.25, 0.3) is 11.8 Å². The number of likely N-dealkylation sites (N-methyl/N-ethyl adjacent to an activating group) is 1. The van der Waals surface area contributed by atoms with Crippen LogP contribution in [0.5, 0.6) is 0 Å². The molecular weight excluding hydrogens is 372 g/mol. The number of imide groups is 1. The molecule has 0 saturated carbocycles. The molecule has 0 unspecified atom stereocenters. The largest absolute Gasteiger partial charge is 0.348 e. The third-order valence-corrected chi connectivity index (χ3v) is 5.45. The van der Waals surface area contributed by atoms with Crippen molar-refractivity contribution in [1.29, 1.82) is 0 Å². The third kappa shape index (κ3) is 4.82. The Hall–Kier alpha value is -2.74. The Labute approximate surface area is 171 Å². The van der Waals surface area contributed by atoms with Crippen LogP contribution in [0.2, 0.25) is 0 Å². The number of benzene rings is 1. The number of amides is 4. The highest BCUT2D eigenvalue weighted by Gasteiger charge is 2.34. The number of nitrogens with zero attached hydrogens (tertiary/aromatic N) is 4. The highest BCUT2D eigenvalue weighted by atomic mass is 16.2. The molecular formula is C21H28N4O4. The molecule has 8 nitrogen and oxygen atoms in total. The summed E-state index contributed by atoms with van der Waals surface area (Å²) in [5, 5.41) is 0. The quantitative estimate of drug-likeness (QED) is 0.656. The molecule has 0 radical (unpaired) electrons.